The van der Waals surface area contributed by atoms with Crippen LogP contribution in [0.4, 0.5) is 0 Å². The van der Waals surface area contributed by atoms with Gasteiger partial charge in [0.15, 0.2) is 0 Å². The molecule has 0 aliphatic carbocycles. The molecule has 0 fully saturated rings. The van der Waals surface area contributed by atoms with E-state index in [0.29, 0.717) is 0 Å². The minimum absolute atomic E-state index is 0. The van der Waals surface area contributed by atoms with Gasteiger partial charge in [0, 0.05) is 14.2 Å². The van der Waals surface area contributed by atoms with Crippen LogP contribution in [0.3, 0.4) is 0 Å². The molecule has 0 spiro atoms. The van der Waals surface area contributed by atoms with Crippen molar-refractivity contribution in [1.29, 1.82) is 0 Å². The second-order valence-electron chi connectivity index (χ2n) is 5.93. The van der Waals surface area contributed by atoms with Crippen molar-refractivity contribution < 1.29 is 31.9 Å². The summed E-state index contributed by atoms with van der Waals surface area (Å²) in [5, 5.41) is 14.0. The van der Waals surface area contributed by atoms with Gasteiger partial charge in [0.2, 0.25) is 0 Å². The van der Waals surface area contributed by atoms with E-state index in [1.165, 1.54) is 22.3 Å². The molecule has 31 heavy (non-hydrogen) atoms. The molecule has 158 valence electrons. The smallest absolute Gasteiger partial charge is 0.400 e. The van der Waals surface area contributed by atoms with Crippen molar-refractivity contribution in [3.8, 4) is 0 Å². The molecule has 0 heterocycles. The summed E-state index contributed by atoms with van der Waals surface area (Å²) in [4.78, 5) is 0. The Balaban J connectivity index is 0.000000487. The molecule has 0 amide bonds. The van der Waals surface area contributed by atoms with E-state index >= 15 is 0 Å². The van der Waals surface area contributed by atoms with Crippen LogP contribution < -0.4 is 0 Å². The normalized spacial score (nSPS) is 8.39. The van der Waals surface area contributed by atoms with Gasteiger partial charge in [0.05, 0.1) is 0 Å². The molecular formula is C28H30O2Ti. The third-order valence-corrected chi connectivity index (χ3v) is 3.86. The summed E-state index contributed by atoms with van der Waals surface area (Å²) in [5.74, 6) is 0. The van der Waals surface area contributed by atoms with Crippen molar-refractivity contribution in [2.75, 3.05) is 14.2 Å². The minimum Gasteiger partial charge on any atom is -0.400 e. The predicted octanol–water partition coefficient (Wildman–Crippen LogP) is 5.79. The zero-order valence-electron chi connectivity index (χ0n) is 18.1. The third kappa shape index (κ3) is 12.5. The van der Waals surface area contributed by atoms with E-state index in [-0.39, 0.29) is 21.7 Å². The van der Waals surface area contributed by atoms with Gasteiger partial charge < -0.3 is 10.2 Å². The Hall–Kier alpha value is -2.75. The van der Waals surface area contributed by atoms with Crippen molar-refractivity contribution in [3.05, 3.63) is 156 Å². The fourth-order valence-electron chi connectivity index (χ4n) is 2.58. The third-order valence-electron chi connectivity index (χ3n) is 3.86. The summed E-state index contributed by atoms with van der Waals surface area (Å²) in [6.07, 6.45) is 4.33. The second-order valence-corrected chi connectivity index (χ2v) is 5.93. The summed E-state index contributed by atoms with van der Waals surface area (Å²) < 4.78 is 0. The molecule has 4 aromatic carbocycles. The molecule has 4 aromatic rings. The van der Waals surface area contributed by atoms with Crippen LogP contribution in [0.5, 0.6) is 0 Å². The number of rotatable bonds is 4. The Morgan fingerprint density at radius 1 is 0.355 bits per heavy atom. The fourth-order valence-corrected chi connectivity index (χ4v) is 2.58. The molecular weight excluding hydrogens is 416 g/mol. The van der Waals surface area contributed by atoms with Gasteiger partial charge in [-0.3, -0.25) is 0 Å². The van der Waals surface area contributed by atoms with E-state index in [1.54, 1.807) is 0 Å². The van der Waals surface area contributed by atoms with Gasteiger partial charge in [-0.1, -0.05) is 72.8 Å². The van der Waals surface area contributed by atoms with Gasteiger partial charge in [-0.25, -0.2) is 0 Å². The summed E-state index contributed by atoms with van der Waals surface area (Å²) in [6, 6.07) is 41.4. The molecule has 0 saturated heterocycles. The first-order valence-corrected chi connectivity index (χ1v) is 9.69. The van der Waals surface area contributed by atoms with E-state index in [0.717, 1.165) is 14.2 Å². The number of hydrogen-bond donors (Lipinski definition) is 2. The Kier molecular flexibility index (Phi) is 17.5. The molecule has 0 radical (unpaired) electrons. The summed E-state index contributed by atoms with van der Waals surface area (Å²) in [6.45, 7) is 0. The molecule has 0 aliphatic heterocycles. The SMILES string of the molecule is CO.CO.[Ti+2].c1ccc([CH-]c2ccccc2)cc1.c1ccc([CH-]c2ccccc2)cc1. The maximum atomic E-state index is 7.00. The van der Waals surface area contributed by atoms with Crippen molar-refractivity contribution in [1.82, 2.24) is 0 Å². The summed E-state index contributed by atoms with van der Waals surface area (Å²) >= 11 is 0. The maximum Gasteiger partial charge on any atom is 2.00 e. The van der Waals surface area contributed by atoms with Crippen LogP contribution in [0.2, 0.25) is 0 Å². The van der Waals surface area contributed by atoms with Crippen LogP contribution in [-0.2, 0) is 21.7 Å². The van der Waals surface area contributed by atoms with E-state index in [2.05, 4.69) is 110 Å². The average molecular weight is 446 g/mol. The van der Waals surface area contributed by atoms with Crippen LogP contribution in [-0.4, -0.2) is 24.4 Å². The Bertz CT molecular complexity index is 716. The number of hydrogen-bond acceptors (Lipinski definition) is 2. The van der Waals surface area contributed by atoms with E-state index in [1.807, 2.05) is 24.3 Å². The molecule has 2 nitrogen and oxygen atoms in total. The first kappa shape index (κ1) is 28.3. The maximum absolute atomic E-state index is 7.00. The van der Waals surface area contributed by atoms with Gasteiger partial charge in [-0.2, -0.15) is 0 Å². The van der Waals surface area contributed by atoms with Gasteiger partial charge in [-0.05, 0) is 0 Å². The molecule has 2 N–H and O–H groups in total. The van der Waals surface area contributed by atoms with Gasteiger partial charge in [0.25, 0.3) is 0 Å². The molecule has 3 heteroatoms. The Morgan fingerprint density at radius 3 is 0.677 bits per heavy atom. The topological polar surface area (TPSA) is 40.5 Å². The summed E-state index contributed by atoms with van der Waals surface area (Å²) in [5.41, 5.74) is 4.98. The number of aliphatic hydroxyl groups is 2. The van der Waals surface area contributed by atoms with Crippen LogP contribution in [0, 0.1) is 12.8 Å². The molecule has 0 aliphatic rings. The van der Waals surface area contributed by atoms with Crippen molar-refractivity contribution in [2.45, 2.75) is 0 Å². The number of aliphatic hydroxyl groups excluding tert-OH is 2. The van der Waals surface area contributed by atoms with Crippen LogP contribution in [0.15, 0.2) is 121 Å². The first-order chi connectivity index (χ1) is 14.9. The molecule has 4 rings (SSSR count). The van der Waals surface area contributed by atoms with Crippen LogP contribution >= 0.6 is 0 Å². The predicted molar refractivity (Wildman–Crippen MR) is 127 cm³/mol. The Morgan fingerprint density at radius 2 is 0.516 bits per heavy atom. The molecule has 0 aromatic heterocycles. The Labute approximate surface area is 202 Å². The minimum atomic E-state index is 0. The summed E-state index contributed by atoms with van der Waals surface area (Å²) in [7, 11) is 2.00. The fraction of sp³-hybridized carbons (Fsp3) is 0.0714. The second kappa shape index (κ2) is 19.2. The largest absolute Gasteiger partial charge is 2.00 e. The standard InChI is InChI=1S/2C13H11.2CH4O.Ti/c2*1-3-7-12(8-4-1)11-13-9-5-2-6-10-13;2*1-2;/h2*1-11H;2*2H,1H3;/q2*-1;;;+2. The average Bonchev–Trinajstić information content (AvgIpc) is 2.85. The van der Waals surface area contributed by atoms with E-state index in [4.69, 9.17) is 10.2 Å². The molecule has 0 atom stereocenters. The van der Waals surface area contributed by atoms with Crippen LogP contribution in [0.1, 0.15) is 22.3 Å². The molecule has 0 bridgehead atoms. The van der Waals surface area contributed by atoms with Crippen molar-refractivity contribution in [3.63, 3.8) is 0 Å². The van der Waals surface area contributed by atoms with Gasteiger partial charge >= 0.3 is 21.7 Å². The zero-order valence-corrected chi connectivity index (χ0v) is 19.7. The van der Waals surface area contributed by atoms with E-state index < -0.39 is 0 Å². The quantitative estimate of drug-likeness (QED) is 0.308. The van der Waals surface area contributed by atoms with Gasteiger partial charge in [-0.15, -0.1) is 83.6 Å². The number of benzene rings is 4. The zero-order chi connectivity index (χ0) is 21.9. The van der Waals surface area contributed by atoms with Crippen molar-refractivity contribution in [2.24, 2.45) is 0 Å². The van der Waals surface area contributed by atoms with Gasteiger partial charge in [0.1, 0.15) is 0 Å². The van der Waals surface area contributed by atoms with Crippen LogP contribution in [0.25, 0.3) is 0 Å². The van der Waals surface area contributed by atoms with Crippen molar-refractivity contribution >= 4 is 0 Å². The molecule has 0 saturated carbocycles. The first-order valence-electron chi connectivity index (χ1n) is 9.69. The van der Waals surface area contributed by atoms with E-state index in [9.17, 15) is 0 Å². The molecule has 0 unspecified atom stereocenters. The monoisotopic (exact) mass is 446 g/mol.